The third-order valence-electron chi connectivity index (χ3n) is 1.51. The maximum atomic E-state index is 4.03. The third kappa shape index (κ3) is 4.50. The van der Waals surface area contributed by atoms with Gasteiger partial charge in [-0.05, 0) is 18.2 Å². The summed E-state index contributed by atoms with van der Waals surface area (Å²) in [5, 5.41) is 19.1. The standard InChI is InChI=1S/C10H16N6/c1-15(2)13-11-9-6-5-7-10(8-9)12-14-16(3)4/h5-8H,1-4H3/b13-11+,14-12+. The molecule has 0 aliphatic rings. The van der Waals surface area contributed by atoms with Crippen LogP contribution in [0.4, 0.5) is 11.4 Å². The lowest BCUT2D eigenvalue weighted by molar-refractivity contribution is 0.407. The highest BCUT2D eigenvalue weighted by molar-refractivity contribution is 5.49. The smallest absolute Gasteiger partial charge is 0.0896 e. The van der Waals surface area contributed by atoms with Crippen LogP contribution in [0.25, 0.3) is 0 Å². The summed E-state index contributed by atoms with van der Waals surface area (Å²) in [7, 11) is 7.27. The molecule has 0 radical (unpaired) electrons. The molecule has 0 atom stereocenters. The maximum Gasteiger partial charge on any atom is 0.0896 e. The first-order chi connectivity index (χ1) is 7.58. The summed E-state index contributed by atoms with van der Waals surface area (Å²) in [6.07, 6.45) is 0. The maximum absolute atomic E-state index is 4.03. The van der Waals surface area contributed by atoms with E-state index >= 15 is 0 Å². The Morgan fingerprint density at radius 3 is 1.62 bits per heavy atom. The summed E-state index contributed by atoms with van der Waals surface area (Å²) in [6, 6.07) is 7.41. The Morgan fingerprint density at radius 1 is 0.812 bits per heavy atom. The van der Waals surface area contributed by atoms with Gasteiger partial charge < -0.3 is 0 Å². The van der Waals surface area contributed by atoms with Crippen LogP contribution in [0, 0.1) is 0 Å². The van der Waals surface area contributed by atoms with Crippen LogP contribution < -0.4 is 0 Å². The Balaban J connectivity index is 2.79. The van der Waals surface area contributed by atoms with Crippen molar-refractivity contribution in [2.75, 3.05) is 28.2 Å². The van der Waals surface area contributed by atoms with Gasteiger partial charge in [-0.15, -0.1) is 10.2 Å². The quantitative estimate of drug-likeness (QED) is 0.578. The van der Waals surface area contributed by atoms with Gasteiger partial charge in [0, 0.05) is 28.2 Å². The van der Waals surface area contributed by atoms with E-state index in [0.29, 0.717) is 0 Å². The van der Waals surface area contributed by atoms with Gasteiger partial charge in [-0.25, -0.2) is 0 Å². The van der Waals surface area contributed by atoms with Crippen LogP contribution in [0.1, 0.15) is 0 Å². The Morgan fingerprint density at radius 2 is 1.25 bits per heavy atom. The number of hydrogen-bond donors (Lipinski definition) is 0. The second-order valence-corrected chi connectivity index (χ2v) is 3.59. The summed E-state index contributed by atoms with van der Waals surface area (Å²) >= 11 is 0. The average Bonchev–Trinajstić information content (AvgIpc) is 2.24. The van der Waals surface area contributed by atoms with Gasteiger partial charge in [0.25, 0.3) is 0 Å². The average molecular weight is 220 g/mol. The minimum Gasteiger partial charge on any atom is -0.285 e. The van der Waals surface area contributed by atoms with Gasteiger partial charge in [0.1, 0.15) is 0 Å². The largest absolute Gasteiger partial charge is 0.285 e. The highest BCUT2D eigenvalue weighted by Gasteiger charge is 1.93. The number of benzene rings is 1. The van der Waals surface area contributed by atoms with E-state index in [1.54, 1.807) is 10.0 Å². The highest BCUT2D eigenvalue weighted by Crippen LogP contribution is 2.21. The van der Waals surface area contributed by atoms with E-state index in [4.69, 9.17) is 0 Å². The summed E-state index contributed by atoms with van der Waals surface area (Å²) in [5.74, 6) is 0. The van der Waals surface area contributed by atoms with E-state index in [1.807, 2.05) is 52.5 Å². The molecule has 0 aliphatic heterocycles. The molecule has 0 fully saturated rings. The molecule has 1 aromatic carbocycles. The Hall–Kier alpha value is -1.98. The van der Waals surface area contributed by atoms with Crippen LogP contribution >= 0.6 is 0 Å². The first-order valence-corrected chi connectivity index (χ1v) is 4.86. The summed E-state index contributed by atoms with van der Waals surface area (Å²) in [6.45, 7) is 0. The second kappa shape index (κ2) is 5.79. The fourth-order valence-corrected chi connectivity index (χ4v) is 0.900. The fourth-order valence-electron chi connectivity index (χ4n) is 0.900. The van der Waals surface area contributed by atoms with Gasteiger partial charge in [0.15, 0.2) is 0 Å². The van der Waals surface area contributed by atoms with Crippen LogP contribution in [0.5, 0.6) is 0 Å². The molecular weight excluding hydrogens is 204 g/mol. The molecule has 0 N–H and O–H groups in total. The van der Waals surface area contributed by atoms with Crippen molar-refractivity contribution in [3.63, 3.8) is 0 Å². The molecule has 0 spiro atoms. The highest BCUT2D eigenvalue weighted by atomic mass is 15.5. The molecule has 0 heterocycles. The van der Waals surface area contributed by atoms with E-state index < -0.39 is 0 Å². The first kappa shape index (κ1) is 12.1. The number of rotatable bonds is 4. The van der Waals surface area contributed by atoms with E-state index in [2.05, 4.69) is 20.7 Å². The van der Waals surface area contributed by atoms with Crippen LogP contribution in [0.2, 0.25) is 0 Å². The normalized spacial score (nSPS) is 11.2. The van der Waals surface area contributed by atoms with Gasteiger partial charge in [-0.1, -0.05) is 16.5 Å². The molecule has 0 unspecified atom stereocenters. The Kier molecular flexibility index (Phi) is 4.38. The van der Waals surface area contributed by atoms with E-state index in [-0.39, 0.29) is 0 Å². The molecule has 0 saturated carbocycles. The third-order valence-corrected chi connectivity index (χ3v) is 1.51. The van der Waals surface area contributed by atoms with E-state index in [0.717, 1.165) is 11.4 Å². The zero-order valence-corrected chi connectivity index (χ0v) is 9.99. The predicted octanol–water partition coefficient (Wildman–Crippen LogP) is 2.81. The molecule has 86 valence electrons. The van der Waals surface area contributed by atoms with E-state index in [9.17, 15) is 0 Å². The SMILES string of the molecule is CN(C)/N=N/c1cccc(/N=N/N(C)C)c1. The summed E-state index contributed by atoms with van der Waals surface area (Å²) in [5.41, 5.74) is 1.51. The number of nitrogens with zero attached hydrogens (tertiary/aromatic N) is 6. The molecular formula is C10H16N6. The Labute approximate surface area is 95.2 Å². The lowest BCUT2D eigenvalue weighted by atomic mass is 10.3. The van der Waals surface area contributed by atoms with Crippen molar-refractivity contribution in [2.24, 2.45) is 20.7 Å². The zero-order chi connectivity index (χ0) is 12.0. The first-order valence-electron chi connectivity index (χ1n) is 4.86. The van der Waals surface area contributed by atoms with Gasteiger partial charge in [0.05, 0.1) is 11.4 Å². The van der Waals surface area contributed by atoms with Crippen LogP contribution in [-0.4, -0.2) is 38.2 Å². The minimum atomic E-state index is 0.754. The molecule has 6 nitrogen and oxygen atoms in total. The van der Waals surface area contributed by atoms with Crippen molar-refractivity contribution < 1.29 is 0 Å². The monoisotopic (exact) mass is 220 g/mol. The molecule has 0 saturated heterocycles. The van der Waals surface area contributed by atoms with Gasteiger partial charge >= 0.3 is 0 Å². The summed E-state index contributed by atoms with van der Waals surface area (Å²) in [4.78, 5) is 0. The minimum absolute atomic E-state index is 0.754. The lowest BCUT2D eigenvalue weighted by Crippen LogP contribution is -1.99. The zero-order valence-electron chi connectivity index (χ0n) is 9.99. The Bertz CT molecular complexity index is 349. The molecule has 1 rings (SSSR count). The molecule has 6 heteroatoms. The van der Waals surface area contributed by atoms with Crippen molar-refractivity contribution in [2.45, 2.75) is 0 Å². The van der Waals surface area contributed by atoms with Gasteiger partial charge in [0.2, 0.25) is 0 Å². The second-order valence-electron chi connectivity index (χ2n) is 3.59. The predicted molar refractivity (Wildman–Crippen MR) is 62.8 cm³/mol. The van der Waals surface area contributed by atoms with E-state index in [1.165, 1.54) is 0 Å². The van der Waals surface area contributed by atoms with Crippen molar-refractivity contribution in [1.82, 2.24) is 10.0 Å². The van der Waals surface area contributed by atoms with Crippen LogP contribution in [0.15, 0.2) is 44.9 Å². The topological polar surface area (TPSA) is 55.9 Å². The molecule has 0 aliphatic carbocycles. The lowest BCUT2D eigenvalue weighted by Gasteiger charge is -2.02. The van der Waals surface area contributed by atoms with Crippen molar-refractivity contribution in [3.8, 4) is 0 Å². The molecule has 0 aromatic heterocycles. The number of hydrogen-bond acceptors (Lipinski definition) is 4. The fraction of sp³-hybridized carbons (Fsp3) is 0.400. The van der Waals surface area contributed by atoms with Crippen LogP contribution in [-0.2, 0) is 0 Å². The van der Waals surface area contributed by atoms with Gasteiger partial charge in [-0.2, -0.15) is 0 Å². The summed E-state index contributed by atoms with van der Waals surface area (Å²) < 4.78 is 0. The molecule has 0 amide bonds. The molecule has 16 heavy (non-hydrogen) atoms. The van der Waals surface area contributed by atoms with Crippen molar-refractivity contribution in [1.29, 1.82) is 0 Å². The molecule has 0 bridgehead atoms. The van der Waals surface area contributed by atoms with Crippen molar-refractivity contribution in [3.05, 3.63) is 24.3 Å². The van der Waals surface area contributed by atoms with Crippen molar-refractivity contribution >= 4 is 11.4 Å². The molecule has 1 aromatic rings. The van der Waals surface area contributed by atoms with Crippen LogP contribution in [0.3, 0.4) is 0 Å². The van der Waals surface area contributed by atoms with Gasteiger partial charge in [-0.3, -0.25) is 10.0 Å².